The highest BCUT2D eigenvalue weighted by Crippen LogP contribution is 2.08. The quantitative estimate of drug-likeness (QED) is 0.209. The second-order valence-electron chi connectivity index (χ2n) is 10.2. The van der Waals surface area contributed by atoms with Crippen molar-refractivity contribution in [3.63, 3.8) is 0 Å². The van der Waals surface area contributed by atoms with Gasteiger partial charge in [-0.25, -0.2) is 0 Å². The SMILES string of the molecule is CCCCC(C)OCCC(C)C(=O)NCC(=O)NCC(=O)N[C@@H](Cc1ccccc1)C(=O)NCC(=O)C(C)C. The summed E-state index contributed by atoms with van der Waals surface area (Å²) in [6, 6.07) is 8.23. The van der Waals surface area contributed by atoms with Crippen molar-refractivity contribution in [2.75, 3.05) is 26.2 Å². The molecular formula is C29H46N4O6. The summed E-state index contributed by atoms with van der Waals surface area (Å²) in [4.78, 5) is 61.6. The van der Waals surface area contributed by atoms with Crippen LogP contribution in [0.25, 0.3) is 0 Å². The van der Waals surface area contributed by atoms with E-state index in [1.807, 2.05) is 37.3 Å². The molecule has 4 amide bonds. The minimum absolute atomic E-state index is 0.120. The molecule has 0 spiro atoms. The van der Waals surface area contributed by atoms with Gasteiger partial charge in [0.2, 0.25) is 23.6 Å². The maximum atomic E-state index is 12.7. The Hall–Kier alpha value is -3.27. The zero-order valence-corrected chi connectivity index (χ0v) is 24.0. The second-order valence-corrected chi connectivity index (χ2v) is 10.2. The van der Waals surface area contributed by atoms with E-state index in [9.17, 15) is 24.0 Å². The van der Waals surface area contributed by atoms with E-state index in [1.165, 1.54) is 0 Å². The number of hydrogen-bond acceptors (Lipinski definition) is 6. The molecule has 0 bridgehead atoms. The van der Waals surface area contributed by atoms with Crippen LogP contribution < -0.4 is 21.3 Å². The molecule has 4 N–H and O–H groups in total. The first-order valence-corrected chi connectivity index (χ1v) is 13.8. The number of ketones is 1. The van der Waals surface area contributed by atoms with Gasteiger partial charge >= 0.3 is 0 Å². The lowest BCUT2D eigenvalue weighted by atomic mass is 10.0. The summed E-state index contributed by atoms with van der Waals surface area (Å²) < 4.78 is 5.73. The van der Waals surface area contributed by atoms with Crippen molar-refractivity contribution in [3.8, 4) is 0 Å². The molecule has 3 atom stereocenters. The van der Waals surface area contributed by atoms with Crippen LogP contribution in [0.15, 0.2) is 30.3 Å². The van der Waals surface area contributed by atoms with Crippen molar-refractivity contribution >= 4 is 29.4 Å². The van der Waals surface area contributed by atoms with Gasteiger partial charge in [0.05, 0.1) is 25.7 Å². The minimum atomic E-state index is -0.927. The normalized spacial score (nSPS) is 13.2. The molecule has 1 aromatic rings. The van der Waals surface area contributed by atoms with Gasteiger partial charge < -0.3 is 26.0 Å². The van der Waals surface area contributed by atoms with E-state index in [4.69, 9.17) is 4.74 Å². The largest absolute Gasteiger partial charge is 0.378 e. The predicted molar refractivity (Wildman–Crippen MR) is 150 cm³/mol. The third kappa shape index (κ3) is 15.0. The summed E-state index contributed by atoms with van der Waals surface area (Å²) in [6.45, 7) is 9.11. The number of Topliss-reactive ketones (excluding diaryl/α,β-unsaturated/α-hetero) is 1. The molecule has 0 saturated heterocycles. The van der Waals surface area contributed by atoms with Gasteiger partial charge in [0.15, 0.2) is 5.78 Å². The Morgan fingerprint density at radius 1 is 0.795 bits per heavy atom. The van der Waals surface area contributed by atoms with Crippen LogP contribution in [0.3, 0.4) is 0 Å². The van der Waals surface area contributed by atoms with Gasteiger partial charge in [-0.1, -0.05) is 70.9 Å². The Kier molecular flexibility index (Phi) is 16.4. The molecule has 218 valence electrons. The smallest absolute Gasteiger partial charge is 0.243 e. The molecule has 39 heavy (non-hydrogen) atoms. The number of carbonyl (C=O) groups excluding carboxylic acids is 5. The fourth-order valence-corrected chi connectivity index (χ4v) is 3.54. The summed E-state index contributed by atoms with van der Waals surface area (Å²) in [5, 5.41) is 10.2. The average molecular weight is 547 g/mol. The summed E-state index contributed by atoms with van der Waals surface area (Å²) >= 11 is 0. The first kappa shape index (κ1) is 33.8. The molecule has 10 nitrogen and oxygen atoms in total. The number of benzene rings is 1. The van der Waals surface area contributed by atoms with Crippen LogP contribution in [-0.2, 0) is 35.1 Å². The maximum absolute atomic E-state index is 12.7. The number of rotatable bonds is 19. The number of carbonyl (C=O) groups is 5. The molecule has 0 heterocycles. The Morgan fingerprint density at radius 2 is 1.44 bits per heavy atom. The molecule has 0 aliphatic carbocycles. The van der Waals surface area contributed by atoms with Gasteiger partial charge in [-0.3, -0.25) is 24.0 Å². The van der Waals surface area contributed by atoms with Gasteiger partial charge in [-0.2, -0.15) is 0 Å². The molecule has 0 saturated carbocycles. The standard InChI is InChI=1S/C29H46N4O6/c1-6-7-11-22(5)39-15-14-21(4)28(37)32-18-26(35)30-19-27(36)33-24(16-23-12-9-8-10-13-23)29(38)31-17-25(34)20(2)3/h8-10,12-13,20-22,24H,6-7,11,14-19H2,1-5H3,(H,30,35)(H,31,38)(H,32,37)(H,33,36)/t21?,22?,24-/m0/s1. The molecule has 0 aromatic heterocycles. The summed E-state index contributed by atoms with van der Waals surface area (Å²) in [6.07, 6.45) is 4.11. The van der Waals surface area contributed by atoms with E-state index < -0.39 is 23.8 Å². The van der Waals surface area contributed by atoms with Gasteiger partial charge in [-0.15, -0.1) is 0 Å². The third-order valence-electron chi connectivity index (χ3n) is 6.25. The number of hydrogen-bond donors (Lipinski definition) is 4. The Labute approximate surface area is 232 Å². The first-order valence-electron chi connectivity index (χ1n) is 13.8. The molecule has 0 radical (unpaired) electrons. The zero-order chi connectivity index (χ0) is 29.2. The van der Waals surface area contributed by atoms with Crippen molar-refractivity contribution in [2.24, 2.45) is 11.8 Å². The number of nitrogens with one attached hydrogen (secondary N) is 4. The highest BCUT2D eigenvalue weighted by atomic mass is 16.5. The zero-order valence-electron chi connectivity index (χ0n) is 24.0. The van der Waals surface area contributed by atoms with E-state index in [1.54, 1.807) is 20.8 Å². The van der Waals surface area contributed by atoms with Crippen LogP contribution in [0.4, 0.5) is 0 Å². The van der Waals surface area contributed by atoms with Gasteiger partial charge in [0.25, 0.3) is 0 Å². The maximum Gasteiger partial charge on any atom is 0.243 e. The Balaban J connectivity index is 2.48. The number of unbranched alkanes of at least 4 members (excludes halogenated alkanes) is 1. The summed E-state index contributed by atoms with van der Waals surface area (Å²) in [5.41, 5.74) is 0.829. The molecule has 1 rings (SSSR count). The molecule has 2 unspecified atom stereocenters. The summed E-state index contributed by atoms with van der Waals surface area (Å²) in [5.74, 6) is -2.51. The molecule has 10 heteroatoms. The monoisotopic (exact) mass is 546 g/mol. The fraction of sp³-hybridized carbons (Fsp3) is 0.621. The third-order valence-corrected chi connectivity index (χ3v) is 6.25. The van der Waals surface area contributed by atoms with E-state index >= 15 is 0 Å². The van der Waals surface area contributed by atoms with E-state index in [2.05, 4.69) is 28.2 Å². The lowest BCUT2D eigenvalue weighted by Gasteiger charge is -2.19. The van der Waals surface area contributed by atoms with Crippen LogP contribution in [0.1, 0.15) is 65.9 Å². The second kappa shape index (κ2) is 18.9. The van der Waals surface area contributed by atoms with E-state index in [-0.39, 0.29) is 55.7 Å². The fourth-order valence-electron chi connectivity index (χ4n) is 3.54. The van der Waals surface area contributed by atoms with Crippen LogP contribution >= 0.6 is 0 Å². The number of ether oxygens (including phenoxy) is 1. The van der Waals surface area contributed by atoms with Crippen molar-refractivity contribution in [2.45, 2.75) is 78.9 Å². The van der Waals surface area contributed by atoms with Crippen LogP contribution in [-0.4, -0.2) is 67.8 Å². The molecule has 0 aliphatic heterocycles. The molecular weight excluding hydrogens is 500 g/mol. The molecule has 1 aromatic carbocycles. The van der Waals surface area contributed by atoms with Gasteiger partial charge in [0.1, 0.15) is 6.04 Å². The number of amides is 4. The van der Waals surface area contributed by atoms with E-state index in [0.29, 0.717) is 13.0 Å². The summed E-state index contributed by atoms with van der Waals surface area (Å²) in [7, 11) is 0. The van der Waals surface area contributed by atoms with Crippen molar-refractivity contribution in [3.05, 3.63) is 35.9 Å². The Morgan fingerprint density at radius 3 is 2.08 bits per heavy atom. The average Bonchev–Trinajstić information content (AvgIpc) is 2.92. The minimum Gasteiger partial charge on any atom is -0.378 e. The van der Waals surface area contributed by atoms with Crippen LogP contribution in [0.5, 0.6) is 0 Å². The Bertz CT molecular complexity index is 922. The lowest BCUT2D eigenvalue weighted by Crippen LogP contribution is -2.52. The van der Waals surface area contributed by atoms with Crippen molar-refractivity contribution < 1.29 is 28.7 Å². The predicted octanol–water partition coefficient (Wildman–Crippen LogP) is 1.91. The molecule has 0 aliphatic rings. The van der Waals surface area contributed by atoms with Crippen LogP contribution in [0, 0.1) is 11.8 Å². The van der Waals surface area contributed by atoms with Gasteiger partial charge in [0, 0.05) is 24.9 Å². The topological polar surface area (TPSA) is 143 Å². The first-order chi connectivity index (χ1) is 18.5. The highest BCUT2D eigenvalue weighted by Gasteiger charge is 2.22. The lowest BCUT2D eigenvalue weighted by molar-refractivity contribution is -0.131. The molecule has 0 fully saturated rings. The highest BCUT2D eigenvalue weighted by molar-refractivity contribution is 5.93. The van der Waals surface area contributed by atoms with E-state index in [0.717, 1.165) is 24.8 Å². The van der Waals surface area contributed by atoms with Gasteiger partial charge in [-0.05, 0) is 25.3 Å². The van der Waals surface area contributed by atoms with Crippen LogP contribution in [0.2, 0.25) is 0 Å². The van der Waals surface area contributed by atoms with Crippen molar-refractivity contribution in [1.29, 1.82) is 0 Å². The van der Waals surface area contributed by atoms with Crippen molar-refractivity contribution in [1.82, 2.24) is 21.3 Å².